The highest BCUT2D eigenvalue weighted by molar-refractivity contribution is 5.98. The highest BCUT2D eigenvalue weighted by Gasteiger charge is 2.26. The maximum atomic E-state index is 13.4. The molecule has 33 heavy (non-hydrogen) atoms. The summed E-state index contributed by atoms with van der Waals surface area (Å²) in [7, 11) is 0. The number of phenols is 1. The van der Waals surface area contributed by atoms with E-state index in [1.54, 1.807) is 28.0 Å². The standard InChI is InChI=1S/C25H26FN3O4/c1-3-12-33-25(32)29-10-8-28(9-11-29)24(31)18-4-6-19-16(2)13-21(27-22(19)14-18)17-5-7-20(26)23(30)15-17/h4-7,13-15,30H,3,8-12H2,1-2H3. The summed E-state index contributed by atoms with van der Waals surface area (Å²) in [5.41, 5.74) is 3.27. The Hall–Kier alpha value is -3.68. The molecule has 0 aliphatic carbocycles. The lowest BCUT2D eigenvalue weighted by atomic mass is 10.0. The van der Waals surface area contributed by atoms with Crippen molar-refractivity contribution in [3.05, 3.63) is 59.4 Å². The van der Waals surface area contributed by atoms with Crippen LogP contribution in [0.5, 0.6) is 5.75 Å². The molecular weight excluding hydrogens is 425 g/mol. The number of nitrogens with zero attached hydrogens (tertiary/aromatic N) is 3. The molecule has 4 rings (SSSR count). The van der Waals surface area contributed by atoms with Crippen LogP contribution in [0.1, 0.15) is 29.3 Å². The molecule has 2 amide bonds. The highest BCUT2D eigenvalue weighted by atomic mass is 19.1. The van der Waals surface area contributed by atoms with E-state index >= 15 is 0 Å². The maximum absolute atomic E-state index is 13.4. The molecule has 2 heterocycles. The number of aromatic nitrogens is 1. The van der Waals surface area contributed by atoms with Gasteiger partial charge in [0.05, 0.1) is 17.8 Å². The number of carbonyl (C=O) groups excluding carboxylic acids is 2. The summed E-state index contributed by atoms with van der Waals surface area (Å²) >= 11 is 0. The van der Waals surface area contributed by atoms with Gasteiger partial charge in [0.1, 0.15) is 0 Å². The van der Waals surface area contributed by atoms with Gasteiger partial charge < -0.3 is 19.6 Å². The fourth-order valence-corrected chi connectivity index (χ4v) is 3.91. The molecule has 1 N–H and O–H groups in total. The normalized spacial score (nSPS) is 13.9. The summed E-state index contributed by atoms with van der Waals surface area (Å²) < 4.78 is 18.6. The first-order chi connectivity index (χ1) is 15.9. The van der Waals surface area contributed by atoms with Crippen LogP contribution in [0, 0.1) is 12.7 Å². The van der Waals surface area contributed by atoms with Crippen LogP contribution in [0.15, 0.2) is 42.5 Å². The van der Waals surface area contributed by atoms with Gasteiger partial charge >= 0.3 is 6.09 Å². The number of piperazine rings is 1. The van der Waals surface area contributed by atoms with Gasteiger partial charge in [0.15, 0.2) is 11.6 Å². The van der Waals surface area contributed by atoms with Crippen molar-refractivity contribution < 1.29 is 23.8 Å². The molecule has 0 bridgehead atoms. The number of aromatic hydroxyl groups is 1. The lowest BCUT2D eigenvalue weighted by Gasteiger charge is -2.34. The largest absolute Gasteiger partial charge is 0.505 e. The number of halogens is 1. The van der Waals surface area contributed by atoms with E-state index in [2.05, 4.69) is 4.98 Å². The van der Waals surface area contributed by atoms with Crippen molar-refractivity contribution >= 4 is 22.9 Å². The van der Waals surface area contributed by atoms with Gasteiger partial charge in [0, 0.05) is 42.7 Å². The van der Waals surface area contributed by atoms with Crippen LogP contribution in [0.3, 0.4) is 0 Å². The van der Waals surface area contributed by atoms with Crippen molar-refractivity contribution in [2.75, 3.05) is 32.8 Å². The SMILES string of the molecule is CCCOC(=O)N1CCN(C(=O)c2ccc3c(C)cc(-c4ccc(F)c(O)c4)nc3c2)CC1. The maximum Gasteiger partial charge on any atom is 0.409 e. The third kappa shape index (κ3) is 4.74. The van der Waals surface area contributed by atoms with Crippen LogP contribution in [-0.2, 0) is 4.74 Å². The predicted molar refractivity (Wildman–Crippen MR) is 123 cm³/mol. The van der Waals surface area contributed by atoms with Crippen LogP contribution < -0.4 is 0 Å². The Morgan fingerprint density at radius 2 is 1.79 bits per heavy atom. The van der Waals surface area contributed by atoms with E-state index in [1.807, 2.05) is 26.0 Å². The van der Waals surface area contributed by atoms with E-state index in [1.165, 1.54) is 12.1 Å². The average Bonchev–Trinajstić information content (AvgIpc) is 2.83. The molecular formula is C25H26FN3O4. The molecule has 3 aromatic rings. The van der Waals surface area contributed by atoms with Gasteiger partial charge in [-0.05, 0) is 55.3 Å². The Labute approximate surface area is 191 Å². The molecule has 8 heteroatoms. The molecule has 0 radical (unpaired) electrons. The lowest BCUT2D eigenvalue weighted by Crippen LogP contribution is -2.50. The number of carbonyl (C=O) groups is 2. The Kier molecular flexibility index (Phi) is 6.44. The Morgan fingerprint density at radius 1 is 1.06 bits per heavy atom. The molecule has 1 aliphatic heterocycles. The van der Waals surface area contributed by atoms with Gasteiger partial charge in [-0.1, -0.05) is 13.0 Å². The van der Waals surface area contributed by atoms with E-state index in [4.69, 9.17) is 4.74 Å². The third-order valence-electron chi connectivity index (χ3n) is 5.76. The number of pyridine rings is 1. The second-order valence-corrected chi connectivity index (χ2v) is 8.12. The number of fused-ring (bicyclic) bond motifs is 1. The molecule has 0 saturated carbocycles. The third-order valence-corrected chi connectivity index (χ3v) is 5.76. The second kappa shape index (κ2) is 9.44. The summed E-state index contributed by atoms with van der Waals surface area (Å²) in [4.78, 5) is 33.1. The van der Waals surface area contributed by atoms with E-state index in [0.29, 0.717) is 55.1 Å². The minimum Gasteiger partial charge on any atom is -0.505 e. The number of rotatable bonds is 4. The summed E-state index contributed by atoms with van der Waals surface area (Å²) in [5, 5.41) is 10.6. The highest BCUT2D eigenvalue weighted by Crippen LogP contribution is 2.28. The van der Waals surface area contributed by atoms with Crippen LogP contribution in [0.2, 0.25) is 0 Å². The Balaban J connectivity index is 1.54. The van der Waals surface area contributed by atoms with Gasteiger partial charge in [-0.25, -0.2) is 14.2 Å². The Morgan fingerprint density at radius 3 is 2.48 bits per heavy atom. The summed E-state index contributed by atoms with van der Waals surface area (Å²) in [6.07, 6.45) is 0.428. The zero-order chi connectivity index (χ0) is 23.5. The molecule has 1 aliphatic rings. The molecule has 0 spiro atoms. The number of ether oxygens (including phenoxy) is 1. The first kappa shape index (κ1) is 22.5. The number of aryl methyl sites for hydroxylation is 1. The van der Waals surface area contributed by atoms with Crippen molar-refractivity contribution in [1.29, 1.82) is 0 Å². The average molecular weight is 451 g/mol. The number of benzene rings is 2. The molecule has 0 atom stereocenters. The fraction of sp³-hybridized carbons (Fsp3) is 0.320. The molecule has 1 aromatic heterocycles. The summed E-state index contributed by atoms with van der Waals surface area (Å²) in [5.74, 6) is -1.25. The van der Waals surface area contributed by atoms with Gasteiger partial charge in [-0.2, -0.15) is 0 Å². The number of phenolic OH excluding ortho intramolecular Hbond substituents is 1. The summed E-state index contributed by atoms with van der Waals surface area (Å²) in [6, 6.07) is 11.4. The van der Waals surface area contributed by atoms with Crippen molar-refractivity contribution in [3.8, 4) is 17.0 Å². The smallest absolute Gasteiger partial charge is 0.409 e. The number of hydrogen-bond acceptors (Lipinski definition) is 5. The van der Waals surface area contributed by atoms with E-state index in [9.17, 15) is 19.1 Å². The van der Waals surface area contributed by atoms with Crippen molar-refractivity contribution in [1.82, 2.24) is 14.8 Å². The van der Waals surface area contributed by atoms with Gasteiger partial charge in [-0.15, -0.1) is 0 Å². The number of hydrogen-bond donors (Lipinski definition) is 1. The van der Waals surface area contributed by atoms with Crippen molar-refractivity contribution in [3.63, 3.8) is 0 Å². The molecule has 7 nitrogen and oxygen atoms in total. The quantitative estimate of drug-likeness (QED) is 0.637. The van der Waals surface area contributed by atoms with Gasteiger partial charge in [-0.3, -0.25) is 4.79 Å². The number of amides is 2. The minimum absolute atomic E-state index is 0.122. The van der Waals surface area contributed by atoms with Crippen molar-refractivity contribution in [2.24, 2.45) is 0 Å². The second-order valence-electron chi connectivity index (χ2n) is 8.12. The van der Waals surface area contributed by atoms with E-state index in [-0.39, 0.29) is 12.0 Å². The van der Waals surface area contributed by atoms with Gasteiger partial charge in [0.2, 0.25) is 0 Å². The topological polar surface area (TPSA) is 83.0 Å². The first-order valence-corrected chi connectivity index (χ1v) is 11.0. The fourth-order valence-electron chi connectivity index (χ4n) is 3.91. The molecule has 172 valence electrons. The predicted octanol–water partition coefficient (Wildman–Crippen LogP) is 4.36. The van der Waals surface area contributed by atoms with Crippen LogP contribution in [0.4, 0.5) is 9.18 Å². The van der Waals surface area contributed by atoms with Crippen molar-refractivity contribution in [2.45, 2.75) is 20.3 Å². The monoisotopic (exact) mass is 451 g/mol. The Bertz CT molecular complexity index is 1210. The van der Waals surface area contributed by atoms with E-state index in [0.717, 1.165) is 17.4 Å². The van der Waals surface area contributed by atoms with E-state index < -0.39 is 11.6 Å². The van der Waals surface area contributed by atoms with Crippen LogP contribution >= 0.6 is 0 Å². The van der Waals surface area contributed by atoms with Crippen LogP contribution in [0.25, 0.3) is 22.2 Å². The summed E-state index contributed by atoms with van der Waals surface area (Å²) in [6.45, 7) is 5.99. The van der Waals surface area contributed by atoms with Gasteiger partial charge in [0.25, 0.3) is 5.91 Å². The minimum atomic E-state index is -0.692. The molecule has 1 fully saturated rings. The lowest BCUT2D eigenvalue weighted by molar-refractivity contribution is 0.0560. The molecule has 2 aromatic carbocycles. The molecule has 1 saturated heterocycles. The van der Waals surface area contributed by atoms with Crippen LogP contribution in [-0.4, -0.2) is 64.7 Å². The first-order valence-electron chi connectivity index (χ1n) is 11.0. The zero-order valence-corrected chi connectivity index (χ0v) is 18.7. The molecule has 0 unspecified atom stereocenters. The zero-order valence-electron chi connectivity index (χ0n) is 18.7.